The van der Waals surface area contributed by atoms with Gasteiger partial charge in [-0.2, -0.15) is 0 Å². The standard InChI is InChI=1S/C18H26N4O2/c1-5-18(4)6-14(20-24-18)16-12-7-21(8-13(12)16)17(23)15-9-22(10-19-15)11(2)3/h9-13,16H,5-8H2,1-4H3. The number of hydrogen-bond acceptors (Lipinski definition) is 4. The maximum absolute atomic E-state index is 12.6. The summed E-state index contributed by atoms with van der Waals surface area (Å²) in [5.74, 6) is 1.70. The smallest absolute Gasteiger partial charge is 0.274 e. The van der Waals surface area contributed by atoms with Crippen molar-refractivity contribution in [3.63, 3.8) is 0 Å². The first-order chi connectivity index (χ1) is 11.4. The van der Waals surface area contributed by atoms with Crippen LogP contribution in [0.1, 0.15) is 57.1 Å². The Kier molecular flexibility index (Phi) is 3.48. The zero-order valence-corrected chi connectivity index (χ0v) is 14.9. The maximum atomic E-state index is 12.6. The number of nitrogens with zero attached hydrogens (tertiary/aromatic N) is 4. The fourth-order valence-corrected chi connectivity index (χ4v) is 4.06. The zero-order valence-electron chi connectivity index (χ0n) is 14.9. The molecule has 3 atom stereocenters. The first kappa shape index (κ1) is 15.7. The van der Waals surface area contributed by atoms with Crippen molar-refractivity contribution in [2.24, 2.45) is 22.9 Å². The van der Waals surface area contributed by atoms with E-state index < -0.39 is 0 Å². The molecule has 2 fully saturated rings. The van der Waals surface area contributed by atoms with Crippen LogP contribution in [-0.2, 0) is 4.84 Å². The molecule has 130 valence electrons. The summed E-state index contributed by atoms with van der Waals surface area (Å²) in [6.45, 7) is 10.1. The molecule has 3 unspecified atom stereocenters. The summed E-state index contributed by atoms with van der Waals surface area (Å²) in [6, 6.07) is 0.323. The van der Waals surface area contributed by atoms with E-state index in [2.05, 4.69) is 37.8 Å². The highest BCUT2D eigenvalue weighted by atomic mass is 16.7. The summed E-state index contributed by atoms with van der Waals surface area (Å²) in [6.07, 6.45) is 5.52. The Labute approximate surface area is 142 Å². The van der Waals surface area contributed by atoms with Crippen molar-refractivity contribution in [1.29, 1.82) is 0 Å². The van der Waals surface area contributed by atoms with Crippen molar-refractivity contribution in [2.75, 3.05) is 13.1 Å². The van der Waals surface area contributed by atoms with Crippen LogP contribution in [0.5, 0.6) is 0 Å². The van der Waals surface area contributed by atoms with E-state index in [9.17, 15) is 4.79 Å². The Morgan fingerprint density at radius 2 is 2.12 bits per heavy atom. The van der Waals surface area contributed by atoms with E-state index in [0.29, 0.717) is 29.5 Å². The summed E-state index contributed by atoms with van der Waals surface area (Å²) < 4.78 is 1.98. The number of aromatic nitrogens is 2. The number of hydrogen-bond donors (Lipinski definition) is 0. The number of rotatable bonds is 4. The molecule has 1 saturated carbocycles. The molecule has 1 saturated heterocycles. The molecule has 24 heavy (non-hydrogen) atoms. The van der Waals surface area contributed by atoms with Crippen molar-refractivity contribution in [1.82, 2.24) is 14.5 Å². The first-order valence-electron chi connectivity index (χ1n) is 8.99. The third-order valence-corrected chi connectivity index (χ3v) is 5.97. The predicted octanol–water partition coefficient (Wildman–Crippen LogP) is 2.73. The highest BCUT2D eigenvalue weighted by Crippen LogP contribution is 2.54. The fourth-order valence-electron chi connectivity index (χ4n) is 4.06. The van der Waals surface area contributed by atoms with Crippen LogP contribution in [0.3, 0.4) is 0 Å². The van der Waals surface area contributed by atoms with Crippen molar-refractivity contribution in [2.45, 2.75) is 52.2 Å². The summed E-state index contributed by atoms with van der Waals surface area (Å²) in [7, 11) is 0. The molecule has 0 N–H and O–H groups in total. The molecule has 1 amide bonds. The van der Waals surface area contributed by atoms with Crippen LogP contribution in [0, 0.1) is 17.8 Å². The third kappa shape index (κ3) is 2.43. The lowest BCUT2D eigenvalue weighted by Gasteiger charge is -2.20. The number of oxime groups is 1. The lowest BCUT2D eigenvalue weighted by Crippen LogP contribution is -2.33. The average Bonchev–Trinajstić information content (AvgIpc) is 3.05. The molecule has 2 aliphatic heterocycles. The van der Waals surface area contributed by atoms with Crippen molar-refractivity contribution < 1.29 is 9.63 Å². The second kappa shape index (κ2) is 5.33. The Balaban J connectivity index is 1.36. The summed E-state index contributed by atoms with van der Waals surface area (Å²) >= 11 is 0. The third-order valence-electron chi connectivity index (χ3n) is 5.97. The van der Waals surface area contributed by atoms with Gasteiger partial charge in [-0.3, -0.25) is 4.79 Å². The Hall–Kier alpha value is -1.85. The largest absolute Gasteiger partial charge is 0.389 e. The maximum Gasteiger partial charge on any atom is 0.274 e. The van der Waals surface area contributed by atoms with Crippen LogP contribution >= 0.6 is 0 Å². The molecular formula is C18H26N4O2. The van der Waals surface area contributed by atoms with Gasteiger partial charge in [-0.25, -0.2) is 4.98 Å². The lowest BCUT2D eigenvalue weighted by molar-refractivity contribution is -0.00605. The molecule has 6 nitrogen and oxygen atoms in total. The Morgan fingerprint density at radius 1 is 1.42 bits per heavy atom. The molecule has 0 bridgehead atoms. The molecular weight excluding hydrogens is 304 g/mol. The van der Waals surface area contributed by atoms with Crippen LogP contribution in [0.25, 0.3) is 0 Å². The second-order valence-electron chi connectivity index (χ2n) is 8.02. The van der Waals surface area contributed by atoms with Crippen molar-refractivity contribution in [3.8, 4) is 0 Å². The molecule has 1 aromatic rings. The van der Waals surface area contributed by atoms with E-state index in [1.807, 2.05) is 15.7 Å². The van der Waals surface area contributed by atoms with Gasteiger partial charge in [-0.05, 0) is 39.0 Å². The van der Waals surface area contributed by atoms with Gasteiger partial charge < -0.3 is 14.3 Å². The minimum atomic E-state index is -0.120. The SMILES string of the molecule is CCC1(C)CC(C2C3CN(C(=O)c4cn(C(C)C)cn4)CC32)=NO1. The molecule has 0 radical (unpaired) electrons. The fraction of sp³-hybridized carbons (Fsp3) is 0.722. The van der Waals surface area contributed by atoms with E-state index in [1.54, 1.807) is 6.33 Å². The van der Waals surface area contributed by atoms with Crippen molar-refractivity contribution >= 4 is 11.6 Å². The minimum Gasteiger partial charge on any atom is -0.389 e. The number of likely N-dealkylation sites (tertiary alicyclic amines) is 1. The lowest BCUT2D eigenvalue weighted by atomic mass is 9.94. The van der Waals surface area contributed by atoms with E-state index >= 15 is 0 Å². The molecule has 6 heteroatoms. The van der Waals surface area contributed by atoms with E-state index in [0.717, 1.165) is 25.9 Å². The molecule has 0 spiro atoms. The topological polar surface area (TPSA) is 59.7 Å². The van der Waals surface area contributed by atoms with Crippen LogP contribution in [0.4, 0.5) is 0 Å². The minimum absolute atomic E-state index is 0.0587. The highest BCUT2D eigenvalue weighted by molar-refractivity contribution is 5.94. The molecule has 3 heterocycles. The van der Waals surface area contributed by atoms with Crippen LogP contribution < -0.4 is 0 Å². The van der Waals surface area contributed by atoms with E-state index in [1.165, 1.54) is 5.71 Å². The highest BCUT2D eigenvalue weighted by Gasteiger charge is 2.60. The monoisotopic (exact) mass is 330 g/mol. The predicted molar refractivity (Wildman–Crippen MR) is 90.8 cm³/mol. The quantitative estimate of drug-likeness (QED) is 0.853. The molecule has 1 aliphatic carbocycles. The van der Waals surface area contributed by atoms with Gasteiger partial charge in [0.2, 0.25) is 0 Å². The van der Waals surface area contributed by atoms with E-state index in [-0.39, 0.29) is 11.5 Å². The van der Waals surface area contributed by atoms with Crippen LogP contribution in [0.2, 0.25) is 0 Å². The number of imidazole rings is 1. The van der Waals surface area contributed by atoms with Gasteiger partial charge in [-0.15, -0.1) is 0 Å². The summed E-state index contributed by atoms with van der Waals surface area (Å²) in [4.78, 5) is 24.5. The second-order valence-corrected chi connectivity index (χ2v) is 8.02. The Bertz CT molecular complexity index is 683. The molecule has 0 aromatic carbocycles. The van der Waals surface area contributed by atoms with Crippen LogP contribution in [0.15, 0.2) is 17.7 Å². The average molecular weight is 330 g/mol. The molecule has 4 rings (SSSR count). The number of fused-ring (bicyclic) bond motifs is 1. The van der Waals surface area contributed by atoms with Gasteiger partial charge in [0.25, 0.3) is 5.91 Å². The van der Waals surface area contributed by atoms with Gasteiger partial charge in [0, 0.05) is 37.7 Å². The molecule has 1 aromatic heterocycles. The summed E-state index contributed by atoms with van der Waals surface area (Å²) in [5, 5.41) is 4.35. The van der Waals surface area contributed by atoms with Crippen molar-refractivity contribution in [3.05, 3.63) is 18.2 Å². The first-order valence-corrected chi connectivity index (χ1v) is 8.99. The number of amides is 1. The van der Waals surface area contributed by atoms with Gasteiger partial charge in [0.1, 0.15) is 11.3 Å². The summed E-state index contributed by atoms with van der Waals surface area (Å²) in [5.41, 5.74) is 1.65. The Morgan fingerprint density at radius 3 is 2.67 bits per heavy atom. The normalized spacial score (nSPS) is 34.3. The van der Waals surface area contributed by atoms with E-state index in [4.69, 9.17) is 4.84 Å². The van der Waals surface area contributed by atoms with Crippen LogP contribution in [-0.4, -0.2) is 44.8 Å². The zero-order chi connectivity index (χ0) is 17.1. The van der Waals surface area contributed by atoms with Gasteiger partial charge in [0.15, 0.2) is 0 Å². The van der Waals surface area contributed by atoms with Gasteiger partial charge in [0.05, 0.1) is 12.0 Å². The van der Waals surface area contributed by atoms with Gasteiger partial charge >= 0.3 is 0 Å². The number of carbonyl (C=O) groups excluding carboxylic acids is 1. The number of piperidine rings is 1. The number of carbonyl (C=O) groups is 1. The molecule has 3 aliphatic rings. The van der Waals surface area contributed by atoms with Gasteiger partial charge in [-0.1, -0.05) is 12.1 Å².